The summed E-state index contributed by atoms with van der Waals surface area (Å²) in [4.78, 5) is 9.08. The SMILES string of the molecule is O=C([O-])[C]#[Fe].[NH4+]. The molecule has 0 rings (SSSR count). The molecule has 0 atom stereocenters. The van der Waals surface area contributed by atoms with Gasteiger partial charge in [0.25, 0.3) is 0 Å². The monoisotopic (exact) mass is 130 g/mol. The summed E-state index contributed by atoms with van der Waals surface area (Å²) in [5.41, 5.74) is 0. The third-order valence-electron chi connectivity index (χ3n) is 0.0722. The smallest absolute Gasteiger partial charge is 0.369 e. The van der Waals surface area contributed by atoms with Crippen LogP contribution < -0.4 is 11.3 Å². The van der Waals surface area contributed by atoms with Crippen LogP contribution in [0.3, 0.4) is 0 Å². The van der Waals surface area contributed by atoms with Gasteiger partial charge >= 0.3 is 36.0 Å². The summed E-state index contributed by atoms with van der Waals surface area (Å²) >= 11 is 2.77. The van der Waals surface area contributed by atoms with Crippen LogP contribution in [0.25, 0.3) is 0 Å². The largest absolute Gasteiger partial charge is 0.369 e. The molecule has 0 aromatic carbocycles. The number of aliphatic carboxylic acids is 1. The maximum Gasteiger partial charge on any atom is -0.369 e. The van der Waals surface area contributed by atoms with Crippen molar-refractivity contribution in [3.8, 4) is 4.73 Å². The summed E-state index contributed by atoms with van der Waals surface area (Å²) in [6.07, 6.45) is 0. The molecule has 6 heavy (non-hydrogen) atoms. The molecule has 3 nitrogen and oxygen atoms in total. The average Bonchev–Trinajstić information content (AvgIpc) is 1.38. The number of quaternary nitrogens is 1. The molecule has 0 heterocycles. The van der Waals surface area contributed by atoms with E-state index in [0.29, 0.717) is 0 Å². The second-order valence-corrected chi connectivity index (χ2v) is 0.652. The van der Waals surface area contributed by atoms with Crippen molar-refractivity contribution in [2.75, 3.05) is 0 Å². The van der Waals surface area contributed by atoms with E-state index in [2.05, 4.69) is 15.4 Å². The maximum absolute atomic E-state index is 9.08. The molecular weight excluding hydrogens is 126 g/mol. The van der Waals surface area contributed by atoms with Crippen molar-refractivity contribution in [2.24, 2.45) is 0 Å². The molecule has 0 spiro atoms. The minimum Gasteiger partial charge on any atom is -0.369 e. The zero-order valence-electron chi connectivity index (χ0n) is 3.17. The van der Waals surface area contributed by atoms with Gasteiger partial charge in [0.15, 0.2) is 0 Å². The van der Waals surface area contributed by atoms with E-state index in [0.717, 1.165) is 0 Å². The molecule has 4 N–H and O–H groups in total. The van der Waals surface area contributed by atoms with Gasteiger partial charge in [-0.1, -0.05) is 0 Å². The predicted octanol–water partition coefficient (Wildman–Crippen LogP) is -1.38. The summed E-state index contributed by atoms with van der Waals surface area (Å²) in [6, 6.07) is 0. The fraction of sp³-hybridized carbons (Fsp3) is 0. The molecule has 0 saturated heterocycles. The number of carboxylic acids is 1. The summed E-state index contributed by atoms with van der Waals surface area (Å²) < 4.78 is 1.58. The zero-order chi connectivity index (χ0) is 4.28. The van der Waals surface area contributed by atoms with Crippen LogP contribution in [-0.4, -0.2) is 5.97 Å². The molecule has 0 bridgehead atoms. The Morgan fingerprint density at radius 1 is 1.83 bits per heavy atom. The van der Waals surface area contributed by atoms with E-state index in [9.17, 15) is 0 Å². The fourth-order valence-electron chi connectivity index (χ4n) is 0. The second kappa shape index (κ2) is 4.73. The van der Waals surface area contributed by atoms with Gasteiger partial charge in [0, 0.05) is 0 Å². The molecule has 0 unspecified atom stereocenters. The minimum atomic E-state index is -1.36. The topological polar surface area (TPSA) is 76.6 Å². The van der Waals surface area contributed by atoms with Gasteiger partial charge in [-0.3, -0.25) is 0 Å². The number of rotatable bonds is 0. The average molecular weight is 130 g/mol. The van der Waals surface area contributed by atoms with E-state index >= 15 is 0 Å². The van der Waals surface area contributed by atoms with Crippen LogP contribution in [0.5, 0.6) is 0 Å². The fourth-order valence-corrected chi connectivity index (χ4v) is 0. The van der Waals surface area contributed by atoms with Crippen LogP contribution in [0.15, 0.2) is 0 Å². The van der Waals surface area contributed by atoms with Gasteiger partial charge in [0.1, 0.15) is 0 Å². The molecule has 37 valence electrons. The van der Waals surface area contributed by atoms with Gasteiger partial charge in [-0.2, -0.15) is 0 Å². The molecule has 0 aliphatic heterocycles. The van der Waals surface area contributed by atoms with E-state index in [1.54, 1.807) is 4.73 Å². The van der Waals surface area contributed by atoms with Crippen molar-refractivity contribution < 1.29 is 25.3 Å². The van der Waals surface area contributed by atoms with Crippen molar-refractivity contribution in [2.45, 2.75) is 0 Å². The first-order chi connectivity index (χ1) is 2.27. The van der Waals surface area contributed by atoms with Crippen molar-refractivity contribution >= 4 is 5.97 Å². The van der Waals surface area contributed by atoms with Crippen molar-refractivity contribution in [3.63, 3.8) is 0 Å². The van der Waals surface area contributed by atoms with Gasteiger partial charge in [-0.25, -0.2) is 0 Å². The molecule has 0 aromatic heterocycles. The molecule has 0 aliphatic rings. The van der Waals surface area contributed by atoms with Crippen LogP contribution in [0.2, 0.25) is 0 Å². The Labute approximate surface area is 42.9 Å². The van der Waals surface area contributed by atoms with Crippen LogP contribution in [0.4, 0.5) is 0 Å². The van der Waals surface area contributed by atoms with Gasteiger partial charge in [0.2, 0.25) is 0 Å². The van der Waals surface area contributed by atoms with E-state index in [1.807, 2.05) is 0 Å². The second-order valence-electron chi connectivity index (χ2n) is 0.376. The Hall–Kier alpha value is -0.271. The van der Waals surface area contributed by atoms with Crippen LogP contribution in [-0.2, 0) is 20.2 Å². The Bertz CT molecular complexity index is 84.0. The summed E-state index contributed by atoms with van der Waals surface area (Å²) in [7, 11) is 0. The molecular formula is C2H4FeNO2. The number of carbonyl (C=O) groups excluding carboxylic acids is 1. The summed E-state index contributed by atoms with van der Waals surface area (Å²) in [6.45, 7) is 0. The predicted molar refractivity (Wildman–Crippen MR) is 14.9 cm³/mol. The Morgan fingerprint density at radius 2 is 2.00 bits per heavy atom. The standard InChI is InChI=1S/C2HO2.Fe.H3N/c1-2(3)4;;/h(H,3,4);;1H3. The number of carboxylic acid groups (broad SMARTS) is 1. The number of hydrogen-bond donors (Lipinski definition) is 1. The number of hydrogen-bond acceptors (Lipinski definition) is 2. The summed E-state index contributed by atoms with van der Waals surface area (Å²) in [5.74, 6) is -1.36. The maximum atomic E-state index is 9.08. The van der Waals surface area contributed by atoms with Gasteiger partial charge in [0.05, 0.1) is 0 Å². The first-order valence-corrected chi connectivity index (χ1v) is 1.39. The van der Waals surface area contributed by atoms with E-state index < -0.39 is 5.97 Å². The molecule has 0 aliphatic carbocycles. The minimum absolute atomic E-state index is 0. The van der Waals surface area contributed by atoms with Gasteiger partial charge in [-0.15, -0.1) is 0 Å². The molecule has 0 aromatic rings. The third kappa shape index (κ3) is 9.29. The molecule has 0 saturated carbocycles. The van der Waals surface area contributed by atoms with Crippen LogP contribution in [0, 0.1) is 4.73 Å². The molecule has 0 amide bonds. The van der Waals surface area contributed by atoms with Crippen molar-refractivity contribution in [1.82, 2.24) is 6.15 Å². The summed E-state index contributed by atoms with van der Waals surface area (Å²) in [5, 5.41) is 9.08. The normalized spacial score (nSPS) is 4.67. The zero-order valence-corrected chi connectivity index (χ0v) is 4.27. The molecule has 0 radical (unpaired) electrons. The van der Waals surface area contributed by atoms with Crippen molar-refractivity contribution in [1.29, 1.82) is 0 Å². The van der Waals surface area contributed by atoms with Gasteiger partial charge < -0.3 is 6.15 Å². The Balaban J connectivity index is 0. The molecule has 0 fully saturated rings. The quantitative estimate of drug-likeness (QED) is 0.410. The van der Waals surface area contributed by atoms with E-state index in [4.69, 9.17) is 9.90 Å². The number of carbonyl (C=O) groups is 1. The van der Waals surface area contributed by atoms with Crippen LogP contribution >= 0.6 is 0 Å². The van der Waals surface area contributed by atoms with Crippen molar-refractivity contribution in [3.05, 3.63) is 0 Å². The van der Waals surface area contributed by atoms with E-state index in [-0.39, 0.29) is 6.15 Å². The van der Waals surface area contributed by atoms with Gasteiger partial charge in [-0.05, 0) is 0 Å². The third-order valence-corrected chi connectivity index (χ3v) is 0.298. The molecule has 4 heteroatoms. The first kappa shape index (κ1) is 9.21. The Morgan fingerprint density at radius 3 is 2.00 bits per heavy atom. The van der Waals surface area contributed by atoms with E-state index in [1.165, 1.54) is 0 Å². The first-order valence-electron chi connectivity index (χ1n) is 0.835. The van der Waals surface area contributed by atoms with Crippen LogP contribution in [0.1, 0.15) is 0 Å². The Kier molecular flexibility index (Phi) is 7.26.